The summed E-state index contributed by atoms with van der Waals surface area (Å²) >= 11 is 0. The molecule has 2 aromatic carbocycles. The number of hydrogen-bond acceptors (Lipinski definition) is 2. The number of benzene rings is 2. The minimum Gasteiger partial charge on any atom is -0.322 e. The molecule has 0 fully saturated rings. The van der Waals surface area contributed by atoms with Crippen molar-refractivity contribution in [1.82, 2.24) is 0 Å². The van der Waals surface area contributed by atoms with Gasteiger partial charge < -0.3 is 5.32 Å². The van der Waals surface area contributed by atoms with Crippen LogP contribution < -0.4 is 5.32 Å². The van der Waals surface area contributed by atoms with E-state index < -0.39 is 11.7 Å². The van der Waals surface area contributed by atoms with Gasteiger partial charge in [-0.05, 0) is 36.8 Å². The largest absolute Gasteiger partial charge is 0.322 e. The van der Waals surface area contributed by atoms with Gasteiger partial charge in [0.1, 0.15) is 5.82 Å². The number of carbonyl (C=O) groups is 1. The maximum absolute atomic E-state index is 13.3. The monoisotopic (exact) mass is 254 g/mol. The third-order valence-corrected chi connectivity index (χ3v) is 2.68. The smallest absolute Gasteiger partial charge is 0.255 e. The van der Waals surface area contributed by atoms with Crippen LogP contribution in [0.2, 0.25) is 0 Å². The van der Waals surface area contributed by atoms with Crippen LogP contribution in [0.15, 0.2) is 42.5 Å². The van der Waals surface area contributed by atoms with Gasteiger partial charge in [0.15, 0.2) is 0 Å². The lowest BCUT2D eigenvalue weighted by Gasteiger charge is -2.08. The Labute approximate surface area is 110 Å². The van der Waals surface area contributed by atoms with Crippen LogP contribution in [0, 0.1) is 24.1 Å². The Morgan fingerprint density at radius 1 is 1.26 bits per heavy atom. The van der Waals surface area contributed by atoms with Crippen molar-refractivity contribution in [3.8, 4) is 6.07 Å². The van der Waals surface area contributed by atoms with Crippen molar-refractivity contribution in [2.45, 2.75) is 6.92 Å². The highest BCUT2D eigenvalue weighted by atomic mass is 19.1. The zero-order valence-electron chi connectivity index (χ0n) is 10.3. The van der Waals surface area contributed by atoms with Gasteiger partial charge in [-0.3, -0.25) is 4.79 Å². The maximum atomic E-state index is 13.3. The second kappa shape index (κ2) is 5.32. The fourth-order valence-electron chi connectivity index (χ4n) is 1.69. The van der Waals surface area contributed by atoms with Crippen LogP contribution in [0.1, 0.15) is 21.5 Å². The molecule has 2 rings (SSSR count). The van der Waals surface area contributed by atoms with Crippen molar-refractivity contribution in [1.29, 1.82) is 5.26 Å². The van der Waals surface area contributed by atoms with E-state index in [9.17, 15) is 9.18 Å². The van der Waals surface area contributed by atoms with Crippen molar-refractivity contribution in [2.24, 2.45) is 0 Å². The number of nitrogens with zero attached hydrogens (tertiary/aromatic N) is 1. The Kier molecular flexibility index (Phi) is 3.58. The topological polar surface area (TPSA) is 52.9 Å². The third kappa shape index (κ3) is 2.96. The Morgan fingerprint density at radius 3 is 2.68 bits per heavy atom. The standard InChI is InChI=1S/C15H11FN2O/c1-10-4-2-3-5-14(10)18-15(19)12-6-11(9-17)7-13(16)8-12/h2-8H,1H3,(H,18,19). The predicted molar refractivity (Wildman–Crippen MR) is 70.2 cm³/mol. The van der Waals surface area contributed by atoms with Crippen LogP contribution in [-0.4, -0.2) is 5.91 Å². The molecule has 0 aliphatic carbocycles. The molecule has 0 aliphatic rings. The first-order valence-corrected chi connectivity index (χ1v) is 5.68. The van der Waals surface area contributed by atoms with E-state index in [4.69, 9.17) is 5.26 Å². The average Bonchev–Trinajstić information content (AvgIpc) is 2.40. The summed E-state index contributed by atoms with van der Waals surface area (Å²) in [6.07, 6.45) is 0. The van der Waals surface area contributed by atoms with E-state index in [1.54, 1.807) is 12.1 Å². The Morgan fingerprint density at radius 2 is 2.00 bits per heavy atom. The van der Waals surface area contributed by atoms with E-state index in [-0.39, 0.29) is 11.1 Å². The summed E-state index contributed by atoms with van der Waals surface area (Å²) in [6.45, 7) is 1.86. The molecular weight excluding hydrogens is 243 g/mol. The summed E-state index contributed by atoms with van der Waals surface area (Å²) in [6, 6.07) is 12.7. The lowest BCUT2D eigenvalue weighted by atomic mass is 10.1. The lowest BCUT2D eigenvalue weighted by Crippen LogP contribution is -2.13. The summed E-state index contributed by atoms with van der Waals surface area (Å²) in [5.41, 5.74) is 1.82. The highest BCUT2D eigenvalue weighted by molar-refractivity contribution is 6.04. The molecular formula is C15H11FN2O. The molecule has 1 N–H and O–H groups in total. The predicted octanol–water partition coefficient (Wildman–Crippen LogP) is 3.26. The first kappa shape index (κ1) is 12.8. The number of carbonyl (C=O) groups excluding carboxylic acids is 1. The second-order valence-corrected chi connectivity index (χ2v) is 4.11. The zero-order valence-corrected chi connectivity index (χ0v) is 10.3. The molecule has 0 heterocycles. The number of rotatable bonds is 2. The van der Waals surface area contributed by atoms with Gasteiger partial charge in [0.05, 0.1) is 11.6 Å². The Balaban J connectivity index is 2.28. The van der Waals surface area contributed by atoms with Gasteiger partial charge in [-0.1, -0.05) is 18.2 Å². The summed E-state index contributed by atoms with van der Waals surface area (Å²) < 4.78 is 13.3. The van der Waals surface area contributed by atoms with E-state index in [0.717, 1.165) is 17.7 Å². The fraction of sp³-hybridized carbons (Fsp3) is 0.0667. The minimum absolute atomic E-state index is 0.120. The molecule has 3 nitrogen and oxygen atoms in total. The number of hydrogen-bond donors (Lipinski definition) is 1. The van der Waals surface area contributed by atoms with E-state index >= 15 is 0 Å². The Hall–Kier alpha value is -2.67. The van der Waals surface area contributed by atoms with Crippen LogP contribution in [0.4, 0.5) is 10.1 Å². The van der Waals surface area contributed by atoms with Crippen LogP contribution in [-0.2, 0) is 0 Å². The van der Waals surface area contributed by atoms with E-state index in [0.29, 0.717) is 5.69 Å². The van der Waals surface area contributed by atoms with E-state index in [1.807, 2.05) is 25.1 Å². The van der Waals surface area contributed by atoms with Gasteiger partial charge in [0.25, 0.3) is 5.91 Å². The number of aryl methyl sites for hydroxylation is 1. The van der Waals surface area contributed by atoms with Crippen molar-refractivity contribution in [2.75, 3.05) is 5.32 Å². The quantitative estimate of drug-likeness (QED) is 0.894. The van der Waals surface area contributed by atoms with Gasteiger partial charge in [-0.15, -0.1) is 0 Å². The molecule has 0 radical (unpaired) electrons. The highest BCUT2D eigenvalue weighted by Gasteiger charge is 2.10. The molecule has 4 heteroatoms. The first-order chi connectivity index (χ1) is 9.10. The molecule has 1 amide bonds. The zero-order chi connectivity index (χ0) is 13.8. The number of anilines is 1. The third-order valence-electron chi connectivity index (χ3n) is 2.68. The number of amides is 1. The summed E-state index contributed by atoms with van der Waals surface area (Å²) in [5, 5.41) is 11.4. The molecule has 0 unspecified atom stereocenters. The molecule has 0 spiro atoms. The number of nitrogens with one attached hydrogen (secondary N) is 1. The molecule has 94 valence electrons. The normalized spacial score (nSPS) is 9.74. The number of nitriles is 1. The first-order valence-electron chi connectivity index (χ1n) is 5.68. The molecule has 0 aliphatic heterocycles. The van der Waals surface area contributed by atoms with Gasteiger partial charge >= 0.3 is 0 Å². The van der Waals surface area contributed by atoms with Crippen LogP contribution in [0.3, 0.4) is 0 Å². The SMILES string of the molecule is Cc1ccccc1NC(=O)c1cc(F)cc(C#N)c1. The van der Waals surface area contributed by atoms with Crippen molar-refractivity contribution < 1.29 is 9.18 Å². The number of para-hydroxylation sites is 1. The average molecular weight is 254 g/mol. The maximum Gasteiger partial charge on any atom is 0.255 e. The second-order valence-electron chi connectivity index (χ2n) is 4.11. The molecule has 0 saturated carbocycles. The molecule has 0 atom stereocenters. The van der Waals surface area contributed by atoms with Crippen molar-refractivity contribution in [3.05, 3.63) is 65.0 Å². The van der Waals surface area contributed by atoms with E-state index in [1.165, 1.54) is 6.07 Å². The molecule has 0 bridgehead atoms. The van der Waals surface area contributed by atoms with Gasteiger partial charge in [0.2, 0.25) is 0 Å². The highest BCUT2D eigenvalue weighted by Crippen LogP contribution is 2.16. The minimum atomic E-state index is -0.603. The molecule has 2 aromatic rings. The molecule has 19 heavy (non-hydrogen) atoms. The van der Waals surface area contributed by atoms with Gasteiger partial charge in [0, 0.05) is 11.3 Å². The van der Waals surface area contributed by atoms with Crippen LogP contribution in [0.5, 0.6) is 0 Å². The molecule has 0 aromatic heterocycles. The van der Waals surface area contributed by atoms with Crippen LogP contribution in [0.25, 0.3) is 0 Å². The summed E-state index contributed by atoms with van der Waals surface area (Å²) in [7, 11) is 0. The summed E-state index contributed by atoms with van der Waals surface area (Å²) in [5.74, 6) is -1.04. The Bertz CT molecular complexity index is 674. The van der Waals surface area contributed by atoms with Gasteiger partial charge in [-0.25, -0.2) is 4.39 Å². The fourth-order valence-corrected chi connectivity index (χ4v) is 1.69. The van der Waals surface area contributed by atoms with Crippen molar-refractivity contribution >= 4 is 11.6 Å². The summed E-state index contributed by atoms with van der Waals surface area (Å²) in [4.78, 5) is 12.0. The van der Waals surface area contributed by atoms with Crippen molar-refractivity contribution in [3.63, 3.8) is 0 Å². The van der Waals surface area contributed by atoms with Crippen LogP contribution >= 0.6 is 0 Å². The molecule has 0 saturated heterocycles. The number of halogens is 1. The van der Waals surface area contributed by atoms with E-state index in [2.05, 4.69) is 5.32 Å². The lowest BCUT2D eigenvalue weighted by molar-refractivity contribution is 0.102. The van der Waals surface area contributed by atoms with Gasteiger partial charge in [-0.2, -0.15) is 5.26 Å².